The molecule has 0 spiro atoms. The molecule has 37 heavy (non-hydrogen) atoms. The van der Waals surface area contributed by atoms with E-state index in [9.17, 15) is 4.79 Å². The smallest absolute Gasteiger partial charge is 0.304 e. The standard InChI is InChI=1S/C32H30O4S/c1-4-6-23(18-31(33)34)22-10-12-24(13-11-22)35-19-21-9-14-30-27(17-21)28(20-37-30)25-7-5-8-29-26(25)15-16-32(2,3)36-29/h5,7-14,17,20,23H,15-16,18-19H2,1-3H3,(H,33,34). The zero-order valence-electron chi connectivity index (χ0n) is 21.3. The Labute approximate surface area is 221 Å². The lowest BCUT2D eigenvalue weighted by molar-refractivity contribution is -0.137. The minimum absolute atomic E-state index is 0.0153. The molecule has 0 aliphatic carbocycles. The lowest BCUT2D eigenvalue weighted by atomic mass is 9.89. The SMILES string of the molecule is CC#CC(CC(=O)O)c1ccc(OCc2ccc3scc(-c4cccc5c4CCC(C)(C)O5)c3c2)cc1. The molecule has 0 saturated heterocycles. The highest BCUT2D eigenvalue weighted by Gasteiger charge is 2.28. The molecule has 0 amide bonds. The first-order chi connectivity index (χ1) is 17.8. The van der Waals surface area contributed by atoms with E-state index in [1.165, 1.54) is 26.8 Å². The summed E-state index contributed by atoms with van der Waals surface area (Å²) in [6.45, 7) is 6.47. The van der Waals surface area contributed by atoms with Crippen LogP contribution in [0.3, 0.4) is 0 Å². The maximum absolute atomic E-state index is 11.2. The fourth-order valence-corrected chi connectivity index (χ4v) is 5.83. The molecule has 2 heterocycles. The van der Waals surface area contributed by atoms with Crippen molar-refractivity contribution in [2.75, 3.05) is 0 Å². The molecule has 1 aromatic heterocycles. The van der Waals surface area contributed by atoms with E-state index >= 15 is 0 Å². The van der Waals surface area contributed by atoms with Gasteiger partial charge in [0.05, 0.1) is 12.3 Å². The number of carboxylic acids is 1. The molecule has 1 atom stereocenters. The van der Waals surface area contributed by atoms with Crippen molar-refractivity contribution in [1.29, 1.82) is 0 Å². The van der Waals surface area contributed by atoms with E-state index in [1.807, 2.05) is 24.3 Å². The fraction of sp³-hybridized carbons (Fsp3) is 0.281. The zero-order valence-corrected chi connectivity index (χ0v) is 22.2. The predicted molar refractivity (Wildman–Crippen MR) is 150 cm³/mol. The second-order valence-electron chi connectivity index (χ2n) is 10.0. The molecule has 5 heteroatoms. The zero-order chi connectivity index (χ0) is 26.0. The van der Waals surface area contributed by atoms with Gasteiger partial charge in [-0.2, -0.15) is 0 Å². The van der Waals surface area contributed by atoms with Gasteiger partial charge in [0.2, 0.25) is 0 Å². The maximum Gasteiger partial charge on any atom is 0.304 e. The van der Waals surface area contributed by atoms with Gasteiger partial charge in [-0.15, -0.1) is 17.3 Å². The largest absolute Gasteiger partial charge is 0.489 e. The molecule has 0 saturated carbocycles. The van der Waals surface area contributed by atoms with Gasteiger partial charge in [-0.05, 0) is 86.0 Å². The van der Waals surface area contributed by atoms with Gasteiger partial charge in [0.25, 0.3) is 0 Å². The Morgan fingerprint density at radius 3 is 2.70 bits per heavy atom. The van der Waals surface area contributed by atoms with Crippen molar-refractivity contribution < 1.29 is 19.4 Å². The van der Waals surface area contributed by atoms with Crippen LogP contribution in [0.1, 0.15) is 56.2 Å². The van der Waals surface area contributed by atoms with Crippen molar-refractivity contribution >= 4 is 27.4 Å². The number of fused-ring (bicyclic) bond motifs is 2. The number of carbonyl (C=O) groups is 1. The van der Waals surface area contributed by atoms with Gasteiger partial charge in [-0.1, -0.05) is 36.3 Å². The normalized spacial score (nSPS) is 14.7. The van der Waals surface area contributed by atoms with Gasteiger partial charge in [-0.25, -0.2) is 0 Å². The molecule has 1 aliphatic heterocycles. The molecule has 1 aliphatic rings. The van der Waals surface area contributed by atoms with Crippen molar-refractivity contribution in [3.8, 4) is 34.5 Å². The van der Waals surface area contributed by atoms with Gasteiger partial charge < -0.3 is 14.6 Å². The molecule has 0 radical (unpaired) electrons. The Bertz CT molecular complexity index is 1500. The third-order valence-electron chi connectivity index (χ3n) is 6.81. The number of carboxylic acid groups (broad SMARTS) is 1. The first kappa shape index (κ1) is 24.9. The molecule has 4 aromatic rings. The Hall–Kier alpha value is -3.75. The number of benzene rings is 3. The van der Waals surface area contributed by atoms with Crippen LogP contribution in [0.4, 0.5) is 0 Å². The van der Waals surface area contributed by atoms with E-state index in [0.29, 0.717) is 6.61 Å². The highest BCUT2D eigenvalue weighted by Crippen LogP contribution is 2.42. The Morgan fingerprint density at radius 2 is 1.95 bits per heavy atom. The van der Waals surface area contributed by atoms with E-state index in [0.717, 1.165) is 35.5 Å². The van der Waals surface area contributed by atoms with Gasteiger partial charge in [0, 0.05) is 21.2 Å². The topological polar surface area (TPSA) is 55.8 Å². The van der Waals surface area contributed by atoms with Gasteiger partial charge in [0.1, 0.15) is 23.7 Å². The predicted octanol–water partition coefficient (Wildman–Crippen LogP) is 7.83. The highest BCUT2D eigenvalue weighted by atomic mass is 32.1. The van der Waals surface area contributed by atoms with Crippen LogP contribution < -0.4 is 9.47 Å². The van der Waals surface area contributed by atoms with Crippen LogP contribution in [0.5, 0.6) is 11.5 Å². The summed E-state index contributed by atoms with van der Waals surface area (Å²) in [5.74, 6) is 6.37. The quantitative estimate of drug-likeness (QED) is 0.257. The summed E-state index contributed by atoms with van der Waals surface area (Å²) in [5, 5.41) is 12.6. The lowest BCUT2D eigenvalue weighted by Crippen LogP contribution is -2.32. The van der Waals surface area contributed by atoms with Crippen molar-refractivity contribution in [3.63, 3.8) is 0 Å². The summed E-state index contributed by atoms with van der Waals surface area (Å²) in [6.07, 6.45) is 1.99. The van der Waals surface area contributed by atoms with Gasteiger partial charge in [-0.3, -0.25) is 4.79 Å². The number of thiophene rings is 1. The molecule has 0 bridgehead atoms. The maximum atomic E-state index is 11.2. The van der Waals surface area contributed by atoms with Crippen molar-refractivity contribution in [2.45, 2.75) is 58.2 Å². The van der Waals surface area contributed by atoms with Crippen LogP contribution in [0, 0.1) is 11.8 Å². The molecule has 3 aromatic carbocycles. The summed E-state index contributed by atoms with van der Waals surface area (Å²) in [7, 11) is 0. The molecule has 1 N–H and O–H groups in total. The third kappa shape index (κ3) is 5.50. The summed E-state index contributed by atoms with van der Waals surface area (Å²) >= 11 is 1.76. The average molecular weight is 511 g/mol. The van der Waals surface area contributed by atoms with Crippen molar-refractivity contribution in [1.82, 2.24) is 0 Å². The number of hydrogen-bond donors (Lipinski definition) is 1. The van der Waals surface area contributed by atoms with E-state index in [4.69, 9.17) is 14.6 Å². The molecule has 5 rings (SSSR count). The Morgan fingerprint density at radius 1 is 1.14 bits per heavy atom. The first-order valence-corrected chi connectivity index (χ1v) is 13.4. The molecular formula is C32H30O4S. The number of aliphatic carboxylic acids is 1. The average Bonchev–Trinajstić information content (AvgIpc) is 3.29. The molecular weight excluding hydrogens is 480 g/mol. The summed E-state index contributed by atoms with van der Waals surface area (Å²) in [6, 6.07) is 20.4. The van der Waals surface area contributed by atoms with E-state index in [-0.39, 0.29) is 17.9 Å². The molecule has 4 nitrogen and oxygen atoms in total. The highest BCUT2D eigenvalue weighted by molar-refractivity contribution is 7.17. The number of ether oxygens (including phenoxy) is 2. The summed E-state index contributed by atoms with van der Waals surface area (Å²) < 4.78 is 13.6. The lowest BCUT2D eigenvalue weighted by Gasteiger charge is -2.33. The Kier molecular flexibility index (Phi) is 6.95. The number of rotatable bonds is 7. The number of hydrogen-bond acceptors (Lipinski definition) is 4. The first-order valence-electron chi connectivity index (χ1n) is 12.5. The van der Waals surface area contributed by atoms with Crippen LogP contribution in [-0.4, -0.2) is 16.7 Å². The van der Waals surface area contributed by atoms with Crippen LogP contribution >= 0.6 is 11.3 Å². The fourth-order valence-electron chi connectivity index (χ4n) is 4.88. The van der Waals surface area contributed by atoms with Crippen LogP contribution in [0.25, 0.3) is 21.2 Å². The van der Waals surface area contributed by atoms with Crippen LogP contribution in [0.15, 0.2) is 66.0 Å². The minimum atomic E-state index is -0.858. The second-order valence-corrected chi connectivity index (χ2v) is 10.9. The van der Waals surface area contributed by atoms with Crippen molar-refractivity contribution in [3.05, 3.63) is 82.7 Å². The van der Waals surface area contributed by atoms with Gasteiger partial charge >= 0.3 is 5.97 Å². The minimum Gasteiger partial charge on any atom is -0.489 e. The van der Waals surface area contributed by atoms with E-state index in [1.54, 1.807) is 18.3 Å². The molecule has 188 valence electrons. The second kappa shape index (κ2) is 10.3. The Balaban J connectivity index is 1.35. The molecule has 1 unspecified atom stereocenters. The molecule has 0 fully saturated rings. The van der Waals surface area contributed by atoms with Gasteiger partial charge in [0.15, 0.2) is 0 Å². The summed E-state index contributed by atoms with van der Waals surface area (Å²) in [5.41, 5.74) is 5.63. The van der Waals surface area contributed by atoms with Crippen LogP contribution in [0.2, 0.25) is 0 Å². The van der Waals surface area contributed by atoms with Crippen molar-refractivity contribution in [2.24, 2.45) is 0 Å². The van der Waals surface area contributed by atoms with E-state index in [2.05, 4.69) is 67.5 Å². The van der Waals surface area contributed by atoms with E-state index < -0.39 is 5.97 Å². The summed E-state index contributed by atoms with van der Waals surface area (Å²) in [4.78, 5) is 11.2. The monoisotopic (exact) mass is 510 g/mol. The third-order valence-corrected chi connectivity index (χ3v) is 7.77. The van der Waals surface area contributed by atoms with Crippen LogP contribution in [-0.2, 0) is 17.8 Å².